The molecule has 0 aliphatic heterocycles. The molecule has 6 nitrogen and oxygen atoms in total. The maximum Gasteiger partial charge on any atom is 0.337 e. The number of hydrogen-bond donors (Lipinski definition) is 3. The highest BCUT2D eigenvalue weighted by Gasteiger charge is 2.13. The average Bonchev–Trinajstić information content (AvgIpc) is 2.55. The van der Waals surface area contributed by atoms with Gasteiger partial charge in [0.15, 0.2) is 11.7 Å². The van der Waals surface area contributed by atoms with Crippen LogP contribution in [0.4, 0.5) is 5.69 Å². The normalized spacial score (nSPS) is 10.0. The Balaban J connectivity index is 1.90. The zero-order valence-corrected chi connectivity index (χ0v) is 17.1. The minimum atomic E-state index is -1.09. The summed E-state index contributed by atoms with van der Waals surface area (Å²) in [5, 5.41) is 14.4. The van der Waals surface area contributed by atoms with E-state index in [9.17, 15) is 14.7 Å². The van der Waals surface area contributed by atoms with Crippen LogP contribution in [0.25, 0.3) is 0 Å². The van der Waals surface area contributed by atoms with E-state index >= 15 is 0 Å². The summed E-state index contributed by atoms with van der Waals surface area (Å²) in [6, 6.07) is 11.9. The molecule has 0 atom stereocenters. The Labute approximate surface area is 171 Å². The second-order valence-electron chi connectivity index (χ2n) is 4.74. The summed E-state index contributed by atoms with van der Waals surface area (Å²) in [5.74, 6) is -1.00. The Morgan fingerprint density at radius 3 is 2.52 bits per heavy atom. The molecular formula is C16H12BrIN2O4S. The molecule has 2 rings (SSSR count). The van der Waals surface area contributed by atoms with Crippen molar-refractivity contribution in [1.82, 2.24) is 5.32 Å². The second-order valence-corrected chi connectivity index (χ2v) is 7.31. The van der Waals surface area contributed by atoms with Crippen LogP contribution < -0.4 is 15.4 Å². The quantitative estimate of drug-likeness (QED) is 0.401. The third-order valence-electron chi connectivity index (χ3n) is 2.90. The van der Waals surface area contributed by atoms with Gasteiger partial charge in [-0.2, -0.15) is 0 Å². The fourth-order valence-electron chi connectivity index (χ4n) is 1.80. The zero-order chi connectivity index (χ0) is 18.4. The van der Waals surface area contributed by atoms with Crippen LogP contribution >= 0.6 is 50.7 Å². The first-order chi connectivity index (χ1) is 11.8. The number of carboxylic acid groups (broad SMARTS) is 1. The van der Waals surface area contributed by atoms with Crippen molar-refractivity contribution in [2.24, 2.45) is 0 Å². The van der Waals surface area contributed by atoms with Crippen LogP contribution in [0.5, 0.6) is 5.75 Å². The minimum absolute atomic E-state index is 0.00638. The summed E-state index contributed by atoms with van der Waals surface area (Å²) in [4.78, 5) is 23.1. The van der Waals surface area contributed by atoms with Crippen LogP contribution in [-0.2, 0) is 4.79 Å². The Hall–Kier alpha value is -1.72. The van der Waals surface area contributed by atoms with Gasteiger partial charge in [0.2, 0.25) is 0 Å². The Morgan fingerprint density at radius 2 is 1.88 bits per heavy atom. The number of aromatic carboxylic acids is 1. The summed E-state index contributed by atoms with van der Waals surface area (Å²) in [6.45, 7) is -0.220. The van der Waals surface area contributed by atoms with Crippen molar-refractivity contribution in [1.29, 1.82) is 0 Å². The molecule has 0 aromatic heterocycles. The van der Waals surface area contributed by atoms with Gasteiger partial charge in [0.05, 0.1) is 11.3 Å². The number of carboxylic acids is 1. The third kappa shape index (κ3) is 6.25. The molecule has 0 spiro atoms. The van der Waals surface area contributed by atoms with Crippen LogP contribution in [0, 0.1) is 3.57 Å². The molecule has 0 bridgehead atoms. The fraction of sp³-hybridized carbons (Fsp3) is 0.0625. The summed E-state index contributed by atoms with van der Waals surface area (Å²) in [7, 11) is 0. The number of rotatable bonds is 5. The molecule has 0 radical (unpaired) electrons. The molecule has 0 aliphatic rings. The summed E-state index contributed by atoms with van der Waals surface area (Å²) >= 11 is 10.4. The number of halogens is 2. The predicted octanol–water partition coefficient (Wildman–Crippen LogP) is 3.64. The number of nitrogens with one attached hydrogen (secondary N) is 2. The predicted molar refractivity (Wildman–Crippen MR) is 110 cm³/mol. The van der Waals surface area contributed by atoms with Gasteiger partial charge in [-0.25, -0.2) is 4.79 Å². The number of anilines is 1. The lowest BCUT2D eigenvalue weighted by molar-refractivity contribution is -0.121. The van der Waals surface area contributed by atoms with E-state index in [4.69, 9.17) is 17.0 Å². The van der Waals surface area contributed by atoms with E-state index in [0.29, 0.717) is 11.4 Å². The Morgan fingerprint density at radius 1 is 1.20 bits per heavy atom. The van der Waals surface area contributed by atoms with E-state index in [-0.39, 0.29) is 17.3 Å². The number of benzene rings is 2. The number of amides is 1. The van der Waals surface area contributed by atoms with Crippen LogP contribution in [0.3, 0.4) is 0 Å². The van der Waals surface area contributed by atoms with Gasteiger partial charge in [0.25, 0.3) is 5.91 Å². The Bertz CT molecular complexity index is 814. The number of ether oxygens (including phenoxy) is 1. The van der Waals surface area contributed by atoms with Gasteiger partial charge in [0.1, 0.15) is 5.75 Å². The first-order valence-electron chi connectivity index (χ1n) is 6.87. The van der Waals surface area contributed by atoms with Gasteiger partial charge >= 0.3 is 5.97 Å². The van der Waals surface area contributed by atoms with E-state index in [1.807, 2.05) is 22.6 Å². The number of carbonyl (C=O) groups is 2. The smallest absolute Gasteiger partial charge is 0.337 e. The SMILES string of the molecule is O=C(COc1ccc(Br)cc1)NC(=S)Nc1ccc(I)cc1C(=O)O. The molecule has 0 aliphatic carbocycles. The van der Waals surface area contributed by atoms with Gasteiger partial charge in [-0.3, -0.25) is 10.1 Å². The molecule has 9 heteroatoms. The highest BCUT2D eigenvalue weighted by Crippen LogP contribution is 2.19. The number of hydrogen-bond acceptors (Lipinski definition) is 4. The highest BCUT2D eigenvalue weighted by atomic mass is 127. The molecule has 3 N–H and O–H groups in total. The van der Waals surface area contributed by atoms with Crippen LogP contribution in [0.2, 0.25) is 0 Å². The molecule has 0 saturated heterocycles. The van der Waals surface area contributed by atoms with Crippen molar-refractivity contribution in [2.75, 3.05) is 11.9 Å². The summed E-state index contributed by atoms with van der Waals surface area (Å²) in [5.41, 5.74) is 0.363. The molecule has 0 heterocycles. The van der Waals surface area contributed by atoms with E-state index in [0.717, 1.165) is 8.04 Å². The van der Waals surface area contributed by atoms with Crippen molar-refractivity contribution in [3.05, 3.63) is 56.1 Å². The second kappa shape index (κ2) is 9.11. The number of thiocarbonyl (C=S) groups is 1. The van der Waals surface area contributed by atoms with Crippen LogP contribution in [0.1, 0.15) is 10.4 Å². The lowest BCUT2D eigenvalue weighted by Crippen LogP contribution is -2.37. The van der Waals surface area contributed by atoms with E-state index in [1.165, 1.54) is 6.07 Å². The maximum absolute atomic E-state index is 11.9. The molecule has 2 aromatic carbocycles. The molecule has 1 amide bonds. The van der Waals surface area contributed by atoms with Crippen molar-refractivity contribution in [2.45, 2.75) is 0 Å². The molecule has 0 unspecified atom stereocenters. The van der Waals surface area contributed by atoms with Gasteiger partial charge in [-0.05, 0) is 77.3 Å². The third-order valence-corrected chi connectivity index (χ3v) is 4.30. The van der Waals surface area contributed by atoms with Gasteiger partial charge in [-0.1, -0.05) is 15.9 Å². The van der Waals surface area contributed by atoms with Gasteiger partial charge < -0.3 is 15.2 Å². The first-order valence-corrected chi connectivity index (χ1v) is 9.15. The summed E-state index contributed by atoms with van der Waals surface area (Å²) < 4.78 is 7.02. The largest absolute Gasteiger partial charge is 0.484 e. The van der Waals surface area contributed by atoms with E-state index in [1.54, 1.807) is 36.4 Å². The average molecular weight is 535 g/mol. The highest BCUT2D eigenvalue weighted by molar-refractivity contribution is 14.1. The van der Waals surface area contributed by atoms with E-state index < -0.39 is 11.9 Å². The Kier molecular flexibility index (Phi) is 7.14. The molecular weight excluding hydrogens is 523 g/mol. The van der Waals surface area contributed by atoms with Crippen molar-refractivity contribution < 1.29 is 19.4 Å². The van der Waals surface area contributed by atoms with E-state index in [2.05, 4.69) is 26.6 Å². The monoisotopic (exact) mass is 534 g/mol. The van der Waals surface area contributed by atoms with Crippen LogP contribution in [0.15, 0.2) is 46.9 Å². The van der Waals surface area contributed by atoms with Gasteiger partial charge in [-0.15, -0.1) is 0 Å². The minimum Gasteiger partial charge on any atom is -0.484 e. The molecule has 130 valence electrons. The zero-order valence-electron chi connectivity index (χ0n) is 12.6. The molecule has 0 fully saturated rings. The maximum atomic E-state index is 11.9. The lowest BCUT2D eigenvalue weighted by Gasteiger charge is -2.12. The molecule has 0 saturated carbocycles. The summed E-state index contributed by atoms with van der Waals surface area (Å²) in [6.07, 6.45) is 0. The van der Waals surface area contributed by atoms with Gasteiger partial charge in [0, 0.05) is 8.04 Å². The standard InChI is InChI=1S/C16H12BrIN2O4S/c17-9-1-4-11(5-2-9)24-8-14(21)20-16(25)19-13-6-3-10(18)7-12(13)15(22)23/h1-7H,8H2,(H,22,23)(H2,19,20,21,25). The van der Waals surface area contributed by atoms with Crippen LogP contribution in [-0.4, -0.2) is 28.7 Å². The topological polar surface area (TPSA) is 87.7 Å². The van der Waals surface area contributed by atoms with Crippen molar-refractivity contribution in [3.63, 3.8) is 0 Å². The molecule has 2 aromatic rings. The molecule has 25 heavy (non-hydrogen) atoms. The van der Waals surface area contributed by atoms with Crippen molar-refractivity contribution in [3.8, 4) is 5.75 Å². The lowest BCUT2D eigenvalue weighted by atomic mass is 10.2. The van der Waals surface area contributed by atoms with Crippen molar-refractivity contribution >= 4 is 73.4 Å². The first kappa shape index (κ1) is 19.6. The number of carbonyl (C=O) groups excluding carboxylic acids is 1. The fourth-order valence-corrected chi connectivity index (χ4v) is 2.78.